The lowest BCUT2D eigenvalue weighted by Crippen LogP contribution is -2.15. The van der Waals surface area contributed by atoms with E-state index in [2.05, 4.69) is 12.1 Å². The van der Waals surface area contributed by atoms with Crippen molar-refractivity contribution in [3.8, 4) is 11.5 Å². The number of benzene rings is 1. The molecule has 7 heteroatoms. The van der Waals surface area contributed by atoms with Crippen LogP contribution in [0.5, 0.6) is 11.5 Å². The Morgan fingerprint density at radius 1 is 1.00 bits per heavy atom. The van der Waals surface area contributed by atoms with E-state index in [1.807, 2.05) is 39.8 Å². The zero-order chi connectivity index (χ0) is 23.8. The van der Waals surface area contributed by atoms with Crippen molar-refractivity contribution in [1.82, 2.24) is 0 Å². The molecule has 0 aliphatic carbocycles. The van der Waals surface area contributed by atoms with Gasteiger partial charge in [-0.1, -0.05) is 41.7 Å². The molecule has 0 N–H and O–H groups in total. The van der Waals surface area contributed by atoms with Crippen molar-refractivity contribution in [3.63, 3.8) is 0 Å². The van der Waals surface area contributed by atoms with Gasteiger partial charge in [0.05, 0.1) is 13.2 Å². The average molecular weight is 488 g/mol. The summed E-state index contributed by atoms with van der Waals surface area (Å²) in [5.41, 5.74) is 1.98. The number of oxime groups is 1. The lowest BCUT2D eigenvalue weighted by molar-refractivity contribution is 0.00128. The third-order valence-corrected chi connectivity index (χ3v) is 4.72. The van der Waals surface area contributed by atoms with Gasteiger partial charge >= 0.3 is 0 Å². The number of hydrogen-bond acceptors (Lipinski definition) is 5. The van der Waals surface area contributed by atoms with Gasteiger partial charge in [-0.05, 0) is 82.7 Å². The topological polar surface area (TPSA) is 49.3 Å². The van der Waals surface area contributed by atoms with Crippen LogP contribution in [0.4, 0.5) is 0 Å². The van der Waals surface area contributed by atoms with Crippen LogP contribution in [0.1, 0.15) is 70.9 Å². The van der Waals surface area contributed by atoms with Gasteiger partial charge in [-0.25, -0.2) is 0 Å². The molecule has 0 saturated carbocycles. The summed E-state index contributed by atoms with van der Waals surface area (Å²) in [4.78, 5) is 5.28. The molecular formula is C25H39Cl2NO4. The minimum atomic E-state index is -0.243. The molecule has 182 valence electrons. The lowest BCUT2D eigenvalue weighted by Gasteiger charge is -2.15. The van der Waals surface area contributed by atoms with E-state index in [1.165, 1.54) is 0 Å². The monoisotopic (exact) mass is 487 g/mol. The van der Waals surface area contributed by atoms with Crippen LogP contribution in [-0.4, -0.2) is 38.2 Å². The van der Waals surface area contributed by atoms with Crippen LogP contribution >= 0.6 is 23.2 Å². The average Bonchev–Trinajstić information content (AvgIpc) is 2.71. The minimum Gasteiger partial charge on any atom is -0.493 e. The first-order valence-electron chi connectivity index (χ1n) is 11.4. The molecule has 0 heterocycles. The molecule has 32 heavy (non-hydrogen) atoms. The molecule has 5 nitrogen and oxygen atoms in total. The third-order valence-electron chi connectivity index (χ3n) is 4.42. The Labute approximate surface area is 204 Å². The van der Waals surface area contributed by atoms with E-state index in [0.29, 0.717) is 19.8 Å². The van der Waals surface area contributed by atoms with Gasteiger partial charge in [-0.2, -0.15) is 0 Å². The minimum absolute atomic E-state index is 0.208. The van der Waals surface area contributed by atoms with Crippen molar-refractivity contribution >= 4 is 29.4 Å². The zero-order valence-electron chi connectivity index (χ0n) is 20.2. The molecule has 1 aromatic rings. The number of hydrogen-bond donors (Lipinski definition) is 0. The van der Waals surface area contributed by atoms with E-state index >= 15 is 0 Å². The number of aryl methyl sites for hydroxylation is 2. The molecule has 0 radical (unpaired) electrons. The van der Waals surface area contributed by atoms with Crippen molar-refractivity contribution in [2.24, 2.45) is 5.16 Å². The van der Waals surface area contributed by atoms with Crippen molar-refractivity contribution in [2.75, 3.05) is 26.4 Å². The summed E-state index contributed by atoms with van der Waals surface area (Å²) in [7, 11) is 0. The van der Waals surface area contributed by atoms with Crippen molar-refractivity contribution < 1.29 is 19.0 Å². The predicted molar refractivity (Wildman–Crippen MR) is 135 cm³/mol. The summed E-state index contributed by atoms with van der Waals surface area (Å²) < 4.78 is 17.6. The molecule has 0 spiro atoms. The number of unbranched alkanes of at least 4 members (excludes halogenated alkanes) is 3. The Morgan fingerprint density at radius 2 is 1.72 bits per heavy atom. The zero-order valence-corrected chi connectivity index (χ0v) is 21.7. The maximum Gasteiger partial charge on any atom is 0.129 e. The van der Waals surface area contributed by atoms with Crippen LogP contribution < -0.4 is 9.47 Å². The lowest BCUT2D eigenvalue weighted by atomic mass is 10.1. The van der Waals surface area contributed by atoms with Gasteiger partial charge in [0.15, 0.2) is 0 Å². The highest BCUT2D eigenvalue weighted by Crippen LogP contribution is 2.30. The smallest absolute Gasteiger partial charge is 0.129 e. The summed E-state index contributed by atoms with van der Waals surface area (Å²) in [6.45, 7) is 12.6. The molecule has 0 saturated heterocycles. The molecule has 1 rings (SSSR count). The normalized spacial score (nSPS) is 11.6. The predicted octanol–water partition coefficient (Wildman–Crippen LogP) is 7.40. The molecule has 0 amide bonds. The highest BCUT2D eigenvalue weighted by Gasteiger charge is 2.10. The van der Waals surface area contributed by atoms with Crippen molar-refractivity contribution in [1.29, 1.82) is 0 Å². The molecule has 0 fully saturated rings. The largest absolute Gasteiger partial charge is 0.493 e. The molecule has 0 aliphatic rings. The van der Waals surface area contributed by atoms with E-state index < -0.39 is 0 Å². The van der Waals surface area contributed by atoms with Crippen LogP contribution in [0, 0.1) is 6.92 Å². The molecule has 1 aromatic carbocycles. The fourth-order valence-corrected chi connectivity index (χ4v) is 3.01. The first-order chi connectivity index (χ1) is 15.2. The Kier molecular flexibility index (Phi) is 14.5. The van der Waals surface area contributed by atoms with Crippen LogP contribution in [-0.2, 0) is 16.0 Å². The van der Waals surface area contributed by atoms with E-state index in [0.717, 1.165) is 67.8 Å². The fraction of sp³-hybridized carbons (Fsp3) is 0.640. The van der Waals surface area contributed by atoms with Crippen LogP contribution in [0.15, 0.2) is 27.9 Å². The van der Waals surface area contributed by atoms with Gasteiger partial charge < -0.3 is 19.0 Å². The van der Waals surface area contributed by atoms with Crippen LogP contribution in [0.2, 0.25) is 0 Å². The second kappa shape index (κ2) is 16.2. The molecule has 0 bridgehead atoms. The highest BCUT2D eigenvalue weighted by molar-refractivity contribution is 6.55. The standard InChI is InChI=1S/C25H39Cl2NO4/c1-6-21-19-22(30-17-12-23(26)27)18-20(2)24(21)31-16-10-8-7-9-14-29-15-11-13-28-32-25(3,4)5/h12-13,18-19H,6-11,14-17H2,1-5H3/b28-13+. The molecule has 0 unspecified atom stereocenters. The van der Waals surface area contributed by atoms with Crippen LogP contribution in [0.25, 0.3) is 0 Å². The number of halogens is 2. The summed E-state index contributed by atoms with van der Waals surface area (Å²) in [5, 5.41) is 3.94. The van der Waals surface area contributed by atoms with Gasteiger partial charge in [-0.3, -0.25) is 0 Å². The summed E-state index contributed by atoms with van der Waals surface area (Å²) >= 11 is 11.2. The van der Waals surface area contributed by atoms with E-state index in [-0.39, 0.29) is 10.1 Å². The summed E-state index contributed by atoms with van der Waals surface area (Å²) in [5.74, 6) is 1.76. The number of ether oxygens (including phenoxy) is 3. The highest BCUT2D eigenvalue weighted by atomic mass is 35.5. The van der Waals surface area contributed by atoms with Gasteiger partial charge in [0.2, 0.25) is 0 Å². The second-order valence-corrected chi connectivity index (χ2v) is 9.55. The SMILES string of the molecule is CCc1cc(OCC=C(Cl)Cl)cc(C)c1OCCCCCCOCC/C=N/OC(C)(C)C. The quantitative estimate of drug-likeness (QED) is 0.138. The van der Waals surface area contributed by atoms with Crippen LogP contribution in [0.3, 0.4) is 0 Å². The Hall–Kier alpha value is -1.43. The summed E-state index contributed by atoms with van der Waals surface area (Å²) in [6.07, 6.45) is 9.37. The Balaban J connectivity index is 2.19. The van der Waals surface area contributed by atoms with Gasteiger partial charge in [-0.15, -0.1) is 0 Å². The Bertz CT molecular complexity index is 711. The first-order valence-corrected chi connectivity index (χ1v) is 12.2. The maximum atomic E-state index is 6.10. The van der Waals surface area contributed by atoms with E-state index in [4.69, 9.17) is 42.3 Å². The molecule has 0 aromatic heterocycles. The van der Waals surface area contributed by atoms with Crippen molar-refractivity contribution in [3.05, 3.63) is 33.8 Å². The molecule has 0 aliphatic heterocycles. The molecular weight excluding hydrogens is 449 g/mol. The first kappa shape index (κ1) is 28.6. The number of nitrogens with zero attached hydrogens (tertiary/aromatic N) is 1. The summed E-state index contributed by atoms with van der Waals surface area (Å²) in [6, 6.07) is 4.01. The Morgan fingerprint density at radius 3 is 2.38 bits per heavy atom. The van der Waals surface area contributed by atoms with Crippen molar-refractivity contribution in [2.45, 2.75) is 78.7 Å². The fourth-order valence-electron chi connectivity index (χ4n) is 2.88. The second-order valence-electron chi connectivity index (χ2n) is 8.54. The number of rotatable bonds is 16. The van der Waals surface area contributed by atoms with E-state index in [1.54, 1.807) is 12.3 Å². The van der Waals surface area contributed by atoms with Gasteiger partial charge in [0, 0.05) is 19.2 Å². The van der Waals surface area contributed by atoms with Gasteiger partial charge in [0.25, 0.3) is 0 Å². The third kappa shape index (κ3) is 13.9. The molecule has 0 atom stereocenters. The maximum absolute atomic E-state index is 6.10. The van der Waals surface area contributed by atoms with E-state index in [9.17, 15) is 0 Å². The van der Waals surface area contributed by atoms with Gasteiger partial charge in [0.1, 0.15) is 28.2 Å².